The van der Waals surface area contributed by atoms with E-state index in [9.17, 15) is 22.8 Å². The number of carboxylic acid groups (broad SMARTS) is 1. The van der Waals surface area contributed by atoms with Gasteiger partial charge < -0.3 is 10.4 Å². The van der Waals surface area contributed by atoms with Gasteiger partial charge in [-0.2, -0.15) is 18.3 Å². The van der Waals surface area contributed by atoms with E-state index in [2.05, 4.69) is 15.5 Å². The largest absolute Gasteiger partial charge is 0.478 e. The zero-order valence-corrected chi connectivity index (χ0v) is 10.2. The number of hydrogen-bond donors (Lipinski definition) is 3. The van der Waals surface area contributed by atoms with Gasteiger partial charge in [0.15, 0.2) is 0 Å². The summed E-state index contributed by atoms with van der Waals surface area (Å²) in [5, 5.41) is 17.0. The Kier molecular flexibility index (Phi) is 3.66. The third-order valence-electron chi connectivity index (χ3n) is 2.59. The average Bonchev–Trinajstić information content (AvgIpc) is 2.91. The lowest BCUT2D eigenvalue weighted by Crippen LogP contribution is -2.16. The van der Waals surface area contributed by atoms with Crippen LogP contribution in [0.3, 0.4) is 0 Å². The van der Waals surface area contributed by atoms with Crippen molar-refractivity contribution >= 4 is 17.6 Å². The molecule has 0 spiro atoms. The SMILES string of the molecule is O=C(Nc1cc(C(F)(F)F)ccc1C(=O)O)c1cn[nH]c1. The third-order valence-corrected chi connectivity index (χ3v) is 2.59. The van der Waals surface area contributed by atoms with Gasteiger partial charge in [0.25, 0.3) is 5.91 Å². The van der Waals surface area contributed by atoms with Crippen LogP contribution < -0.4 is 5.32 Å². The first-order valence-corrected chi connectivity index (χ1v) is 5.53. The minimum Gasteiger partial charge on any atom is -0.478 e. The average molecular weight is 299 g/mol. The summed E-state index contributed by atoms with van der Waals surface area (Å²) in [4.78, 5) is 22.8. The Hall–Kier alpha value is -2.84. The van der Waals surface area contributed by atoms with Crippen LogP contribution in [0.1, 0.15) is 26.3 Å². The number of H-pyrrole nitrogens is 1. The molecule has 3 N–H and O–H groups in total. The molecule has 1 aromatic carbocycles. The van der Waals surface area contributed by atoms with Crippen molar-refractivity contribution in [3.05, 3.63) is 47.3 Å². The summed E-state index contributed by atoms with van der Waals surface area (Å²) in [7, 11) is 0. The predicted octanol–water partition coefficient (Wildman–Crippen LogP) is 2.38. The standard InChI is InChI=1S/C12H8F3N3O3/c13-12(14,15)7-1-2-8(11(20)21)9(3-7)18-10(19)6-4-16-17-5-6/h1-5H,(H,16,17)(H,18,19)(H,20,21). The van der Waals surface area contributed by atoms with E-state index in [0.717, 1.165) is 12.3 Å². The summed E-state index contributed by atoms with van der Waals surface area (Å²) in [6.07, 6.45) is -2.26. The summed E-state index contributed by atoms with van der Waals surface area (Å²) >= 11 is 0. The van der Waals surface area contributed by atoms with Crippen molar-refractivity contribution in [2.45, 2.75) is 6.18 Å². The Morgan fingerprint density at radius 3 is 2.52 bits per heavy atom. The van der Waals surface area contributed by atoms with Gasteiger partial charge in [0.05, 0.1) is 28.6 Å². The highest BCUT2D eigenvalue weighted by atomic mass is 19.4. The number of benzene rings is 1. The number of alkyl halides is 3. The van der Waals surface area contributed by atoms with Gasteiger partial charge in [-0.05, 0) is 18.2 Å². The Morgan fingerprint density at radius 1 is 1.29 bits per heavy atom. The second-order valence-electron chi connectivity index (χ2n) is 4.00. The van der Waals surface area contributed by atoms with E-state index in [1.807, 2.05) is 0 Å². The lowest BCUT2D eigenvalue weighted by atomic mass is 10.1. The molecule has 1 aromatic heterocycles. The van der Waals surface area contributed by atoms with Crippen LogP contribution in [0, 0.1) is 0 Å². The number of carbonyl (C=O) groups excluding carboxylic acids is 1. The lowest BCUT2D eigenvalue weighted by Gasteiger charge is -2.12. The van der Waals surface area contributed by atoms with Crippen LogP contribution in [0.15, 0.2) is 30.6 Å². The molecule has 2 rings (SSSR count). The predicted molar refractivity (Wildman–Crippen MR) is 64.9 cm³/mol. The normalized spacial score (nSPS) is 11.2. The maximum Gasteiger partial charge on any atom is 0.416 e. The molecule has 21 heavy (non-hydrogen) atoms. The molecule has 0 bridgehead atoms. The molecular formula is C12H8F3N3O3. The number of carboxylic acids is 1. The van der Waals surface area contributed by atoms with Crippen molar-refractivity contribution in [2.24, 2.45) is 0 Å². The minimum absolute atomic E-state index is 0.0590. The molecule has 0 aliphatic heterocycles. The van der Waals surface area contributed by atoms with Crippen LogP contribution in [0.5, 0.6) is 0 Å². The molecule has 1 heterocycles. The van der Waals surface area contributed by atoms with Gasteiger partial charge >= 0.3 is 12.1 Å². The summed E-state index contributed by atoms with van der Waals surface area (Å²) < 4.78 is 37.9. The van der Waals surface area contributed by atoms with E-state index >= 15 is 0 Å². The quantitative estimate of drug-likeness (QED) is 0.811. The molecule has 0 saturated heterocycles. The second-order valence-corrected chi connectivity index (χ2v) is 4.00. The van der Waals surface area contributed by atoms with Crippen molar-refractivity contribution < 1.29 is 27.9 Å². The molecular weight excluding hydrogens is 291 g/mol. The number of nitrogens with zero attached hydrogens (tertiary/aromatic N) is 1. The number of aromatic nitrogens is 2. The Labute approximate surface area is 115 Å². The molecule has 0 saturated carbocycles. The molecule has 2 aromatic rings. The summed E-state index contributed by atoms with van der Waals surface area (Å²) in [6, 6.07) is 1.99. The molecule has 0 aliphatic rings. The number of carbonyl (C=O) groups is 2. The molecule has 0 radical (unpaired) electrons. The van der Waals surface area contributed by atoms with E-state index in [1.54, 1.807) is 0 Å². The summed E-state index contributed by atoms with van der Waals surface area (Å²) in [5.74, 6) is -2.23. The fourth-order valence-electron chi connectivity index (χ4n) is 1.58. The van der Waals surface area contributed by atoms with Crippen molar-refractivity contribution in [2.75, 3.05) is 5.32 Å². The number of aromatic carboxylic acids is 1. The van der Waals surface area contributed by atoms with E-state index in [-0.39, 0.29) is 5.56 Å². The Balaban J connectivity index is 2.39. The lowest BCUT2D eigenvalue weighted by molar-refractivity contribution is -0.137. The number of anilines is 1. The van der Waals surface area contributed by atoms with E-state index in [4.69, 9.17) is 5.11 Å². The summed E-state index contributed by atoms with van der Waals surface area (Å²) in [5.41, 5.74) is -1.89. The highest BCUT2D eigenvalue weighted by molar-refractivity contribution is 6.07. The fraction of sp³-hybridized carbons (Fsp3) is 0.0833. The Bertz CT molecular complexity index is 681. The first-order chi connectivity index (χ1) is 9.79. The van der Waals surface area contributed by atoms with Gasteiger partial charge in [0.1, 0.15) is 0 Å². The van der Waals surface area contributed by atoms with Crippen LogP contribution in [-0.2, 0) is 6.18 Å². The van der Waals surface area contributed by atoms with Gasteiger partial charge in [0, 0.05) is 6.20 Å². The topological polar surface area (TPSA) is 95.1 Å². The van der Waals surface area contributed by atoms with Crippen molar-refractivity contribution in [3.8, 4) is 0 Å². The molecule has 0 fully saturated rings. The number of rotatable bonds is 3. The second kappa shape index (κ2) is 5.27. The smallest absolute Gasteiger partial charge is 0.416 e. The number of aromatic amines is 1. The molecule has 0 atom stereocenters. The van der Waals surface area contributed by atoms with Gasteiger partial charge in [-0.1, -0.05) is 0 Å². The van der Waals surface area contributed by atoms with Gasteiger partial charge in [0.2, 0.25) is 0 Å². The minimum atomic E-state index is -4.65. The fourth-order valence-corrected chi connectivity index (χ4v) is 1.58. The van der Waals surface area contributed by atoms with E-state index in [0.29, 0.717) is 12.1 Å². The molecule has 6 nitrogen and oxygen atoms in total. The van der Waals surface area contributed by atoms with Crippen LogP contribution in [0.4, 0.5) is 18.9 Å². The first kappa shape index (κ1) is 14.6. The van der Waals surface area contributed by atoms with Crippen LogP contribution in [0.2, 0.25) is 0 Å². The first-order valence-electron chi connectivity index (χ1n) is 5.53. The maximum atomic E-state index is 12.6. The molecule has 0 aliphatic carbocycles. The molecule has 110 valence electrons. The number of nitrogens with one attached hydrogen (secondary N) is 2. The van der Waals surface area contributed by atoms with Crippen LogP contribution in [0.25, 0.3) is 0 Å². The van der Waals surface area contributed by atoms with E-state index < -0.39 is 34.9 Å². The van der Waals surface area contributed by atoms with Crippen LogP contribution >= 0.6 is 0 Å². The highest BCUT2D eigenvalue weighted by Gasteiger charge is 2.31. The van der Waals surface area contributed by atoms with Crippen LogP contribution in [-0.4, -0.2) is 27.2 Å². The van der Waals surface area contributed by atoms with Crippen molar-refractivity contribution in [1.29, 1.82) is 0 Å². The van der Waals surface area contributed by atoms with E-state index in [1.165, 1.54) is 6.20 Å². The highest BCUT2D eigenvalue weighted by Crippen LogP contribution is 2.32. The third kappa shape index (κ3) is 3.19. The zero-order valence-electron chi connectivity index (χ0n) is 10.2. The van der Waals surface area contributed by atoms with Gasteiger partial charge in [-0.25, -0.2) is 4.79 Å². The Morgan fingerprint density at radius 2 is 2.00 bits per heavy atom. The zero-order chi connectivity index (χ0) is 15.6. The molecule has 9 heteroatoms. The number of hydrogen-bond acceptors (Lipinski definition) is 3. The number of amides is 1. The monoisotopic (exact) mass is 299 g/mol. The molecule has 1 amide bonds. The number of halogens is 3. The van der Waals surface area contributed by atoms with Crippen molar-refractivity contribution in [1.82, 2.24) is 10.2 Å². The van der Waals surface area contributed by atoms with Crippen molar-refractivity contribution in [3.63, 3.8) is 0 Å². The van der Waals surface area contributed by atoms with Gasteiger partial charge in [-0.3, -0.25) is 9.89 Å². The van der Waals surface area contributed by atoms with Gasteiger partial charge in [-0.15, -0.1) is 0 Å². The maximum absolute atomic E-state index is 12.6. The molecule has 0 unspecified atom stereocenters. The summed E-state index contributed by atoms with van der Waals surface area (Å²) in [6.45, 7) is 0.